The number of nitrogens with zero attached hydrogens (tertiary/aromatic N) is 3. The van der Waals surface area contributed by atoms with Crippen LogP contribution in [0.5, 0.6) is 0 Å². The lowest BCUT2D eigenvalue weighted by Crippen LogP contribution is -2.48. The second-order valence-corrected chi connectivity index (χ2v) is 7.56. The number of morpholine rings is 1. The summed E-state index contributed by atoms with van der Waals surface area (Å²) in [5.41, 5.74) is 0.113. The molecule has 23 heavy (non-hydrogen) atoms. The summed E-state index contributed by atoms with van der Waals surface area (Å²) in [7, 11) is 3.65. The van der Waals surface area contributed by atoms with E-state index in [0.717, 1.165) is 51.9 Å². The third-order valence-corrected chi connectivity index (χ3v) is 4.93. The van der Waals surface area contributed by atoms with Crippen LogP contribution < -0.4 is 5.32 Å². The Morgan fingerprint density at radius 1 is 1.30 bits per heavy atom. The number of guanidine groups is 1. The maximum Gasteiger partial charge on any atom is 0.193 e. The third kappa shape index (κ3) is 5.06. The summed E-state index contributed by atoms with van der Waals surface area (Å²) >= 11 is 0. The number of ether oxygens (including phenoxy) is 2. The maximum atomic E-state index is 5.63. The van der Waals surface area contributed by atoms with Gasteiger partial charge in [0.25, 0.3) is 0 Å². The van der Waals surface area contributed by atoms with Crippen LogP contribution in [-0.2, 0) is 9.47 Å². The predicted molar refractivity (Wildman–Crippen MR) is 94.0 cm³/mol. The molecule has 2 rings (SSSR count). The topological polar surface area (TPSA) is 49.3 Å². The van der Waals surface area contributed by atoms with Gasteiger partial charge in [0.2, 0.25) is 0 Å². The van der Waals surface area contributed by atoms with Crippen LogP contribution in [0.1, 0.15) is 27.2 Å². The van der Waals surface area contributed by atoms with Crippen molar-refractivity contribution in [3.8, 4) is 0 Å². The predicted octanol–water partition coefficient (Wildman–Crippen LogP) is 1.03. The van der Waals surface area contributed by atoms with E-state index in [-0.39, 0.29) is 11.5 Å². The Balaban J connectivity index is 1.84. The summed E-state index contributed by atoms with van der Waals surface area (Å²) < 4.78 is 11.1. The zero-order valence-corrected chi connectivity index (χ0v) is 15.5. The summed E-state index contributed by atoms with van der Waals surface area (Å²) in [4.78, 5) is 9.40. The minimum Gasteiger partial charge on any atom is -0.379 e. The van der Waals surface area contributed by atoms with Crippen molar-refractivity contribution in [2.45, 2.75) is 39.3 Å². The van der Waals surface area contributed by atoms with Gasteiger partial charge in [0, 0.05) is 52.9 Å². The number of aliphatic imine (C=N–C) groups is 1. The van der Waals surface area contributed by atoms with Crippen LogP contribution in [0.3, 0.4) is 0 Å². The van der Waals surface area contributed by atoms with Gasteiger partial charge in [0.15, 0.2) is 5.96 Å². The largest absolute Gasteiger partial charge is 0.379 e. The Morgan fingerprint density at radius 2 is 2.00 bits per heavy atom. The van der Waals surface area contributed by atoms with E-state index >= 15 is 0 Å². The molecule has 0 saturated carbocycles. The molecule has 2 unspecified atom stereocenters. The van der Waals surface area contributed by atoms with E-state index in [1.165, 1.54) is 6.42 Å². The van der Waals surface area contributed by atoms with Crippen molar-refractivity contribution in [3.63, 3.8) is 0 Å². The first kappa shape index (κ1) is 18.5. The normalized spacial score (nSPS) is 25.7. The van der Waals surface area contributed by atoms with Gasteiger partial charge >= 0.3 is 0 Å². The van der Waals surface area contributed by atoms with Gasteiger partial charge in [-0.3, -0.25) is 9.89 Å². The number of rotatable bonds is 4. The van der Waals surface area contributed by atoms with E-state index in [4.69, 9.17) is 9.47 Å². The monoisotopic (exact) mass is 326 g/mol. The minimum atomic E-state index is 0.113. The molecule has 1 N–H and O–H groups in total. The maximum absolute atomic E-state index is 5.63. The Hall–Kier alpha value is -0.850. The van der Waals surface area contributed by atoms with Crippen molar-refractivity contribution in [3.05, 3.63) is 0 Å². The van der Waals surface area contributed by atoms with Gasteiger partial charge in [-0.25, -0.2) is 0 Å². The Labute approximate surface area is 141 Å². The Bertz CT molecular complexity index is 389. The second kappa shape index (κ2) is 8.31. The number of hydrogen-bond acceptors (Lipinski definition) is 4. The summed E-state index contributed by atoms with van der Waals surface area (Å²) in [6.45, 7) is 13.4. The van der Waals surface area contributed by atoms with Crippen LogP contribution in [-0.4, -0.2) is 88.0 Å². The van der Waals surface area contributed by atoms with Gasteiger partial charge in [0.05, 0.1) is 19.3 Å². The van der Waals surface area contributed by atoms with Crippen molar-refractivity contribution in [1.29, 1.82) is 0 Å². The summed E-state index contributed by atoms with van der Waals surface area (Å²) in [5.74, 6) is 0.993. The highest BCUT2D eigenvalue weighted by atomic mass is 16.5. The molecule has 6 heteroatoms. The molecule has 0 aromatic carbocycles. The zero-order valence-electron chi connectivity index (χ0n) is 15.5. The summed E-state index contributed by atoms with van der Waals surface area (Å²) in [6.07, 6.45) is 1.37. The van der Waals surface area contributed by atoms with E-state index in [1.807, 2.05) is 7.05 Å². The molecule has 0 amide bonds. The van der Waals surface area contributed by atoms with Crippen LogP contribution in [0.2, 0.25) is 0 Å². The van der Waals surface area contributed by atoms with Gasteiger partial charge < -0.3 is 19.7 Å². The van der Waals surface area contributed by atoms with Crippen LogP contribution in [0.4, 0.5) is 0 Å². The van der Waals surface area contributed by atoms with Crippen LogP contribution >= 0.6 is 0 Å². The minimum absolute atomic E-state index is 0.113. The molecular formula is C17H34N4O2. The molecule has 2 aliphatic rings. The van der Waals surface area contributed by atoms with Crippen LogP contribution in [0, 0.1) is 5.41 Å². The van der Waals surface area contributed by atoms with Gasteiger partial charge in [-0.05, 0) is 11.8 Å². The molecule has 0 spiro atoms. The molecular weight excluding hydrogens is 292 g/mol. The Kier molecular flexibility index (Phi) is 6.68. The first-order chi connectivity index (χ1) is 11.0. The SMILES string of the molecule is CN=C(NCC(OC)C(C)(C)C)N1CCC(N2CCOCC2)C1. The molecule has 6 nitrogen and oxygen atoms in total. The highest BCUT2D eigenvalue weighted by Gasteiger charge is 2.31. The van der Waals surface area contributed by atoms with E-state index in [1.54, 1.807) is 7.11 Å². The van der Waals surface area contributed by atoms with Gasteiger partial charge in [-0.15, -0.1) is 0 Å². The summed E-state index contributed by atoms with van der Waals surface area (Å²) in [5, 5.41) is 3.50. The van der Waals surface area contributed by atoms with Gasteiger partial charge in [0.1, 0.15) is 0 Å². The fourth-order valence-electron chi connectivity index (χ4n) is 3.43. The zero-order chi connectivity index (χ0) is 16.9. The fraction of sp³-hybridized carbons (Fsp3) is 0.941. The lowest BCUT2D eigenvalue weighted by Gasteiger charge is -2.33. The third-order valence-electron chi connectivity index (χ3n) is 4.93. The van der Waals surface area contributed by atoms with E-state index < -0.39 is 0 Å². The van der Waals surface area contributed by atoms with Crippen molar-refractivity contribution in [1.82, 2.24) is 15.1 Å². The molecule has 2 saturated heterocycles. The fourth-order valence-corrected chi connectivity index (χ4v) is 3.43. The average Bonchev–Trinajstić information content (AvgIpc) is 3.01. The highest BCUT2D eigenvalue weighted by Crippen LogP contribution is 2.21. The van der Waals surface area contributed by atoms with E-state index in [0.29, 0.717) is 6.04 Å². The van der Waals surface area contributed by atoms with Gasteiger partial charge in [-0.2, -0.15) is 0 Å². The number of hydrogen-bond donors (Lipinski definition) is 1. The highest BCUT2D eigenvalue weighted by molar-refractivity contribution is 5.80. The molecule has 2 aliphatic heterocycles. The van der Waals surface area contributed by atoms with E-state index in [2.05, 4.69) is 40.9 Å². The van der Waals surface area contributed by atoms with Crippen molar-refractivity contribution in [2.24, 2.45) is 10.4 Å². The molecule has 0 aromatic heterocycles. The molecule has 0 aliphatic carbocycles. The molecule has 2 atom stereocenters. The Morgan fingerprint density at radius 3 is 2.57 bits per heavy atom. The summed E-state index contributed by atoms with van der Waals surface area (Å²) in [6, 6.07) is 0.623. The lowest BCUT2D eigenvalue weighted by atomic mass is 9.89. The molecule has 2 fully saturated rings. The molecule has 0 bridgehead atoms. The van der Waals surface area contributed by atoms with Crippen molar-refractivity contribution >= 4 is 5.96 Å². The number of likely N-dealkylation sites (tertiary alicyclic amines) is 1. The lowest BCUT2D eigenvalue weighted by molar-refractivity contribution is 0.0185. The molecule has 2 heterocycles. The number of nitrogens with one attached hydrogen (secondary N) is 1. The van der Waals surface area contributed by atoms with E-state index in [9.17, 15) is 0 Å². The number of methoxy groups -OCH3 is 1. The van der Waals surface area contributed by atoms with Crippen molar-refractivity contribution in [2.75, 3.05) is 60.1 Å². The van der Waals surface area contributed by atoms with Gasteiger partial charge in [-0.1, -0.05) is 20.8 Å². The first-order valence-corrected chi connectivity index (χ1v) is 8.76. The smallest absolute Gasteiger partial charge is 0.193 e. The van der Waals surface area contributed by atoms with Crippen molar-refractivity contribution < 1.29 is 9.47 Å². The standard InChI is InChI=1S/C17H34N4O2/c1-17(2,3)15(22-5)12-19-16(18-4)21-7-6-14(13-21)20-8-10-23-11-9-20/h14-15H,6-13H2,1-5H3,(H,18,19). The first-order valence-electron chi connectivity index (χ1n) is 8.76. The van der Waals surface area contributed by atoms with Crippen LogP contribution in [0.15, 0.2) is 4.99 Å². The quantitative estimate of drug-likeness (QED) is 0.618. The second-order valence-electron chi connectivity index (χ2n) is 7.56. The molecule has 134 valence electrons. The molecule has 0 radical (unpaired) electrons. The average molecular weight is 326 g/mol. The van der Waals surface area contributed by atoms with Crippen LogP contribution in [0.25, 0.3) is 0 Å². The molecule has 0 aromatic rings.